The van der Waals surface area contributed by atoms with E-state index in [0.29, 0.717) is 25.0 Å². The third-order valence-electron chi connectivity index (χ3n) is 4.11. The van der Waals surface area contributed by atoms with E-state index in [0.717, 1.165) is 19.4 Å². The molecule has 2 rings (SSSR count). The first-order chi connectivity index (χ1) is 8.47. The van der Waals surface area contributed by atoms with Crippen LogP contribution in [0.25, 0.3) is 0 Å². The Bertz CT molecular complexity index is 259. The highest BCUT2D eigenvalue weighted by Gasteiger charge is 2.40. The molecule has 106 valence electrons. The van der Waals surface area contributed by atoms with Gasteiger partial charge >= 0.3 is 6.18 Å². The fourth-order valence-corrected chi connectivity index (χ4v) is 3.00. The lowest BCUT2D eigenvalue weighted by molar-refractivity contribution is -0.208. The Labute approximate surface area is 105 Å². The predicted molar refractivity (Wildman–Crippen MR) is 62.3 cm³/mol. The van der Waals surface area contributed by atoms with E-state index in [1.165, 1.54) is 12.8 Å². The Balaban J connectivity index is 1.73. The molecule has 3 nitrogen and oxygen atoms in total. The van der Waals surface area contributed by atoms with Crippen molar-refractivity contribution < 1.29 is 18.3 Å². The molecular formula is C12H21F3N2O. The molecule has 2 fully saturated rings. The maximum Gasteiger partial charge on any atom is 0.415 e. The van der Waals surface area contributed by atoms with Crippen molar-refractivity contribution >= 4 is 0 Å². The van der Waals surface area contributed by atoms with Crippen LogP contribution in [0.4, 0.5) is 13.2 Å². The van der Waals surface area contributed by atoms with E-state index in [-0.39, 0.29) is 6.54 Å². The molecule has 0 aromatic heterocycles. The number of hydrogen-bond donors (Lipinski definition) is 2. The summed E-state index contributed by atoms with van der Waals surface area (Å²) in [6.45, 7) is 2.11. The third kappa shape index (κ3) is 3.59. The Kier molecular flexibility index (Phi) is 4.50. The number of β-amino-alcohol motifs (C(OH)–C–C–N with tert-alkyl or cyclic N) is 1. The largest absolute Gasteiger partial charge is 0.415 e. The fourth-order valence-electron chi connectivity index (χ4n) is 3.00. The Morgan fingerprint density at radius 2 is 1.89 bits per heavy atom. The number of likely N-dealkylation sites (tertiary alicyclic amines) is 1. The predicted octanol–water partition coefficient (Wildman–Crippen LogP) is 1.37. The first-order valence-corrected chi connectivity index (χ1v) is 6.67. The van der Waals surface area contributed by atoms with Crippen LogP contribution in [0.5, 0.6) is 0 Å². The lowest BCUT2D eigenvalue weighted by Gasteiger charge is -2.35. The molecule has 2 aliphatic rings. The average Bonchev–Trinajstić information content (AvgIpc) is 2.82. The Morgan fingerprint density at radius 1 is 1.22 bits per heavy atom. The van der Waals surface area contributed by atoms with Crippen LogP contribution < -0.4 is 5.32 Å². The number of nitrogens with zero attached hydrogens (tertiary/aromatic N) is 1. The molecule has 2 saturated heterocycles. The van der Waals surface area contributed by atoms with Crippen molar-refractivity contribution in [2.45, 2.75) is 44.0 Å². The molecule has 0 spiro atoms. The average molecular weight is 266 g/mol. The first-order valence-electron chi connectivity index (χ1n) is 6.67. The first kappa shape index (κ1) is 14.1. The van der Waals surface area contributed by atoms with Gasteiger partial charge in [-0.3, -0.25) is 0 Å². The van der Waals surface area contributed by atoms with E-state index < -0.39 is 12.3 Å². The number of piperidine rings is 1. The number of rotatable bonds is 3. The zero-order valence-electron chi connectivity index (χ0n) is 10.4. The van der Waals surface area contributed by atoms with Crippen LogP contribution in [-0.2, 0) is 0 Å². The number of hydrogen-bond acceptors (Lipinski definition) is 3. The standard InChI is InChI=1S/C12H21F3N2O/c13-12(14,15)11(18)8-17-6-3-9(4-7-17)10-2-1-5-16-10/h9-11,16,18H,1-8H2. The number of alkyl halides is 3. The van der Waals surface area contributed by atoms with E-state index in [4.69, 9.17) is 5.11 Å². The van der Waals surface area contributed by atoms with Crippen molar-refractivity contribution in [2.24, 2.45) is 5.92 Å². The summed E-state index contributed by atoms with van der Waals surface area (Å²) in [5.41, 5.74) is 0. The highest BCUT2D eigenvalue weighted by Crippen LogP contribution is 2.27. The maximum absolute atomic E-state index is 12.2. The molecule has 0 bridgehead atoms. The van der Waals surface area contributed by atoms with Crippen LogP contribution in [0.3, 0.4) is 0 Å². The molecule has 6 heteroatoms. The van der Waals surface area contributed by atoms with E-state index in [1.54, 1.807) is 4.90 Å². The summed E-state index contributed by atoms with van der Waals surface area (Å²) in [5.74, 6) is 0.590. The van der Waals surface area contributed by atoms with Crippen LogP contribution in [0.2, 0.25) is 0 Å². The SMILES string of the molecule is OC(CN1CCC(C2CCCN2)CC1)C(F)(F)F. The second-order valence-electron chi connectivity index (χ2n) is 5.40. The number of aliphatic hydroxyl groups is 1. The third-order valence-corrected chi connectivity index (χ3v) is 4.11. The summed E-state index contributed by atoms with van der Waals surface area (Å²) in [5, 5.41) is 12.5. The van der Waals surface area contributed by atoms with Gasteiger partial charge in [-0.2, -0.15) is 13.2 Å². The van der Waals surface area contributed by atoms with Crippen molar-refractivity contribution in [3.8, 4) is 0 Å². The van der Waals surface area contributed by atoms with Crippen molar-refractivity contribution in [2.75, 3.05) is 26.2 Å². The minimum atomic E-state index is -4.50. The van der Waals surface area contributed by atoms with Crippen LogP contribution in [0.15, 0.2) is 0 Å². The van der Waals surface area contributed by atoms with Crippen LogP contribution >= 0.6 is 0 Å². The quantitative estimate of drug-likeness (QED) is 0.810. The molecule has 0 amide bonds. The normalized spacial score (nSPS) is 29.7. The summed E-state index contributed by atoms with van der Waals surface area (Å²) >= 11 is 0. The van der Waals surface area contributed by atoms with Crippen LogP contribution in [-0.4, -0.2) is 54.5 Å². The van der Waals surface area contributed by atoms with Crippen molar-refractivity contribution in [1.82, 2.24) is 10.2 Å². The van der Waals surface area contributed by atoms with Crippen molar-refractivity contribution in [3.05, 3.63) is 0 Å². The second-order valence-corrected chi connectivity index (χ2v) is 5.40. The van der Waals surface area contributed by atoms with E-state index >= 15 is 0 Å². The summed E-state index contributed by atoms with van der Waals surface area (Å²) in [6.07, 6.45) is -2.44. The zero-order valence-corrected chi connectivity index (χ0v) is 10.4. The van der Waals surface area contributed by atoms with Gasteiger partial charge in [0.25, 0.3) is 0 Å². The van der Waals surface area contributed by atoms with Gasteiger partial charge in [0.15, 0.2) is 6.10 Å². The molecule has 0 saturated carbocycles. The number of halogens is 3. The summed E-state index contributed by atoms with van der Waals surface area (Å²) in [6, 6.07) is 0.555. The van der Waals surface area contributed by atoms with E-state index in [1.807, 2.05) is 0 Å². The van der Waals surface area contributed by atoms with Gasteiger partial charge in [0.1, 0.15) is 0 Å². The summed E-state index contributed by atoms with van der Waals surface area (Å²) < 4.78 is 36.7. The molecule has 0 aromatic rings. The molecule has 2 aliphatic heterocycles. The lowest BCUT2D eigenvalue weighted by Crippen LogP contribution is -2.46. The minimum absolute atomic E-state index is 0.283. The molecule has 2 N–H and O–H groups in total. The Morgan fingerprint density at radius 3 is 2.39 bits per heavy atom. The van der Waals surface area contributed by atoms with Crippen molar-refractivity contribution in [3.63, 3.8) is 0 Å². The fraction of sp³-hybridized carbons (Fsp3) is 1.00. The summed E-state index contributed by atoms with van der Waals surface area (Å²) in [4.78, 5) is 1.73. The monoisotopic (exact) mass is 266 g/mol. The topological polar surface area (TPSA) is 35.5 Å². The van der Waals surface area contributed by atoms with Crippen molar-refractivity contribution in [1.29, 1.82) is 0 Å². The second kappa shape index (κ2) is 5.75. The molecule has 18 heavy (non-hydrogen) atoms. The molecule has 2 unspecified atom stereocenters. The van der Waals surface area contributed by atoms with Gasteiger partial charge in [0.05, 0.1) is 0 Å². The zero-order chi connectivity index (χ0) is 13.2. The molecule has 0 radical (unpaired) electrons. The van der Waals surface area contributed by atoms with Gasteiger partial charge in [-0.15, -0.1) is 0 Å². The van der Waals surface area contributed by atoms with Gasteiger partial charge in [-0.05, 0) is 51.2 Å². The van der Waals surface area contributed by atoms with Gasteiger partial charge in [0, 0.05) is 12.6 Å². The molecule has 2 atom stereocenters. The smallest absolute Gasteiger partial charge is 0.382 e. The highest BCUT2D eigenvalue weighted by atomic mass is 19.4. The lowest BCUT2D eigenvalue weighted by atomic mass is 9.88. The van der Waals surface area contributed by atoms with Crippen LogP contribution in [0, 0.1) is 5.92 Å². The number of nitrogens with one attached hydrogen (secondary N) is 1. The highest BCUT2D eigenvalue weighted by molar-refractivity contribution is 4.86. The molecular weight excluding hydrogens is 245 g/mol. The minimum Gasteiger partial charge on any atom is -0.382 e. The van der Waals surface area contributed by atoms with Gasteiger partial charge in [-0.25, -0.2) is 0 Å². The van der Waals surface area contributed by atoms with Gasteiger partial charge < -0.3 is 15.3 Å². The van der Waals surface area contributed by atoms with Gasteiger partial charge in [-0.1, -0.05) is 0 Å². The van der Waals surface area contributed by atoms with E-state index in [9.17, 15) is 13.2 Å². The van der Waals surface area contributed by atoms with E-state index in [2.05, 4.69) is 5.32 Å². The maximum atomic E-state index is 12.2. The Hall–Kier alpha value is -0.330. The van der Waals surface area contributed by atoms with Gasteiger partial charge in [0.2, 0.25) is 0 Å². The molecule has 2 heterocycles. The molecule has 0 aromatic carbocycles. The summed E-state index contributed by atoms with van der Waals surface area (Å²) in [7, 11) is 0. The van der Waals surface area contributed by atoms with Crippen LogP contribution in [0.1, 0.15) is 25.7 Å². The molecule has 0 aliphatic carbocycles. The number of aliphatic hydroxyl groups excluding tert-OH is 1.